The minimum absolute atomic E-state index is 0.00731. The highest BCUT2D eigenvalue weighted by molar-refractivity contribution is 6.42. The highest BCUT2D eigenvalue weighted by atomic mass is 35.5. The third-order valence-corrected chi connectivity index (χ3v) is 5.01. The first-order chi connectivity index (χ1) is 12.0. The van der Waals surface area contributed by atoms with Gasteiger partial charge in [0.15, 0.2) is 5.78 Å². The average molecular weight is 422 g/mol. The van der Waals surface area contributed by atoms with Crippen LogP contribution in [0.2, 0.25) is 15.1 Å². The molecule has 0 saturated heterocycles. The van der Waals surface area contributed by atoms with Gasteiger partial charge in [0.05, 0.1) is 21.0 Å². The fourth-order valence-electron chi connectivity index (χ4n) is 2.47. The number of alkyl halides is 3. The van der Waals surface area contributed by atoms with Crippen molar-refractivity contribution in [2.45, 2.75) is 25.9 Å². The van der Waals surface area contributed by atoms with Crippen LogP contribution in [0.1, 0.15) is 39.9 Å². The van der Waals surface area contributed by atoms with Gasteiger partial charge >= 0.3 is 6.18 Å². The van der Waals surface area contributed by atoms with E-state index in [2.05, 4.69) is 0 Å². The Morgan fingerprint density at radius 1 is 1.08 bits per heavy atom. The highest BCUT2D eigenvalue weighted by Crippen LogP contribution is 2.39. The molecule has 0 amide bonds. The third-order valence-electron chi connectivity index (χ3n) is 3.80. The van der Waals surface area contributed by atoms with E-state index in [0.29, 0.717) is 16.7 Å². The van der Waals surface area contributed by atoms with Crippen LogP contribution in [-0.4, -0.2) is 12.0 Å². The maximum Gasteiger partial charge on any atom is 0.399 e. The Morgan fingerprint density at radius 3 is 2.23 bits per heavy atom. The normalized spacial score (nSPS) is 13.2. The molecule has 0 aliphatic carbocycles. The molecule has 1 atom stereocenters. The molecule has 0 saturated carbocycles. The van der Waals surface area contributed by atoms with Crippen LogP contribution in [0.5, 0.6) is 0 Å². The fraction of sp³-hybridized carbons (Fsp3) is 0.211. The first-order valence-electron chi connectivity index (χ1n) is 7.51. The maximum atomic E-state index is 13.5. The number of hydrogen-bond donors (Lipinski definition) is 0. The lowest BCUT2D eigenvalue weighted by molar-refractivity contribution is -0.139. The van der Waals surface area contributed by atoms with E-state index in [4.69, 9.17) is 34.8 Å². The minimum Gasteiger partial charge on any atom is -0.294 e. The Kier molecular flexibility index (Phi) is 6.43. The van der Waals surface area contributed by atoms with Gasteiger partial charge in [0, 0.05) is 5.56 Å². The summed E-state index contributed by atoms with van der Waals surface area (Å²) in [5.74, 6) is -2.08. The molecule has 0 spiro atoms. The molecule has 2 aromatic carbocycles. The summed E-state index contributed by atoms with van der Waals surface area (Å²) in [4.78, 5) is 11.4. The molecule has 2 rings (SSSR count). The van der Waals surface area contributed by atoms with Gasteiger partial charge in [-0.3, -0.25) is 4.79 Å². The van der Waals surface area contributed by atoms with Crippen molar-refractivity contribution in [2.75, 3.05) is 0 Å². The largest absolute Gasteiger partial charge is 0.399 e. The molecule has 0 heterocycles. The number of rotatable bonds is 4. The van der Waals surface area contributed by atoms with Gasteiger partial charge in [-0.15, -0.1) is 0 Å². The zero-order valence-corrected chi connectivity index (χ0v) is 16.1. The lowest BCUT2D eigenvalue weighted by Crippen LogP contribution is -2.19. The number of allylic oxidation sites excluding steroid dienone is 1. The predicted octanol–water partition coefficient (Wildman–Crippen LogP) is 7.52. The van der Waals surface area contributed by atoms with Crippen LogP contribution in [0.3, 0.4) is 0 Å². The van der Waals surface area contributed by atoms with Crippen LogP contribution >= 0.6 is 34.8 Å². The fourth-order valence-corrected chi connectivity index (χ4v) is 3.18. The smallest absolute Gasteiger partial charge is 0.294 e. The molecule has 2 aromatic rings. The summed E-state index contributed by atoms with van der Waals surface area (Å²) in [6.07, 6.45) is -2.17. The van der Waals surface area contributed by atoms with Crippen LogP contribution in [0.25, 0.3) is 6.08 Å². The maximum absolute atomic E-state index is 13.5. The summed E-state index contributed by atoms with van der Waals surface area (Å²) in [6, 6.07) is 7.04. The predicted molar refractivity (Wildman–Crippen MR) is 100 cm³/mol. The van der Waals surface area contributed by atoms with E-state index in [1.54, 1.807) is 6.92 Å². The number of Topliss-reactive ketones (excluding diaryl/α,β-unsaturated/α-hetero) is 1. The Hall–Kier alpha value is -1.49. The van der Waals surface area contributed by atoms with Gasteiger partial charge in [-0.2, -0.15) is 13.2 Å². The molecule has 1 nitrogen and oxygen atoms in total. The third kappa shape index (κ3) is 4.81. The topological polar surface area (TPSA) is 17.1 Å². The monoisotopic (exact) mass is 420 g/mol. The van der Waals surface area contributed by atoms with Gasteiger partial charge in [-0.1, -0.05) is 59.1 Å². The van der Waals surface area contributed by atoms with Crippen LogP contribution < -0.4 is 0 Å². The summed E-state index contributed by atoms with van der Waals surface area (Å²) in [7, 11) is 0. The van der Waals surface area contributed by atoms with Crippen molar-refractivity contribution in [3.05, 3.63) is 73.7 Å². The number of hydrogen-bond acceptors (Lipinski definition) is 1. The molecule has 1 unspecified atom stereocenters. The molecule has 0 aliphatic rings. The van der Waals surface area contributed by atoms with Crippen LogP contribution in [0.15, 0.2) is 36.4 Å². The van der Waals surface area contributed by atoms with Gasteiger partial charge in [0.2, 0.25) is 0 Å². The van der Waals surface area contributed by atoms with E-state index in [9.17, 15) is 18.0 Å². The molecule has 7 heteroatoms. The Bertz CT molecular complexity index is 850. The molecule has 0 aliphatic heterocycles. The van der Waals surface area contributed by atoms with Crippen LogP contribution in [0.4, 0.5) is 13.2 Å². The molecule has 0 radical (unpaired) electrons. The zero-order valence-electron chi connectivity index (χ0n) is 13.8. The first kappa shape index (κ1) is 20.8. The van der Waals surface area contributed by atoms with E-state index in [1.807, 2.05) is 0 Å². The molecule has 0 aromatic heterocycles. The van der Waals surface area contributed by atoms with Gasteiger partial charge in [-0.05, 0) is 48.7 Å². The van der Waals surface area contributed by atoms with E-state index in [1.165, 1.54) is 43.3 Å². The number of halogens is 6. The van der Waals surface area contributed by atoms with Crippen LogP contribution in [0, 0.1) is 6.92 Å². The Balaban J connectivity index is 2.42. The van der Waals surface area contributed by atoms with Gasteiger partial charge < -0.3 is 0 Å². The van der Waals surface area contributed by atoms with Crippen molar-refractivity contribution >= 4 is 46.7 Å². The lowest BCUT2D eigenvalue weighted by atomic mass is 9.95. The summed E-state index contributed by atoms with van der Waals surface area (Å²) < 4.78 is 40.6. The standard InChI is InChI=1S/C19H14Cl3F3O/c1-10-7-13(9-17(21)18(10)22)15(19(23,24)25)6-4-12-3-5-14(11(2)26)16(20)8-12/h3-9,15H,1-2H3/b6-4+. The van der Waals surface area contributed by atoms with Crippen molar-refractivity contribution in [1.82, 2.24) is 0 Å². The summed E-state index contributed by atoms with van der Waals surface area (Å²) in [6.45, 7) is 2.96. The SMILES string of the molecule is CC(=O)c1ccc(/C=C/C(c2cc(C)c(Cl)c(Cl)c2)C(F)(F)F)cc1Cl. The number of carbonyl (C=O) groups is 1. The van der Waals surface area contributed by atoms with E-state index < -0.39 is 12.1 Å². The molecule has 0 fully saturated rings. The van der Waals surface area contributed by atoms with E-state index >= 15 is 0 Å². The molecule has 0 N–H and O–H groups in total. The number of benzene rings is 2. The highest BCUT2D eigenvalue weighted by Gasteiger charge is 2.39. The second-order valence-corrected chi connectivity index (χ2v) is 7.00. The summed E-state index contributed by atoms with van der Waals surface area (Å²) in [5.41, 5.74) is 1.22. The number of aryl methyl sites for hydroxylation is 1. The molecule has 26 heavy (non-hydrogen) atoms. The molecule has 0 bridgehead atoms. The van der Waals surface area contributed by atoms with Crippen molar-refractivity contribution in [3.63, 3.8) is 0 Å². The molecule has 138 valence electrons. The van der Waals surface area contributed by atoms with Crippen molar-refractivity contribution in [2.24, 2.45) is 0 Å². The quantitative estimate of drug-likeness (QED) is 0.467. The summed E-state index contributed by atoms with van der Waals surface area (Å²) in [5, 5.41) is 0.485. The van der Waals surface area contributed by atoms with Gasteiger partial charge in [-0.25, -0.2) is 0 Å². The van der Waals surface area contributed by atoms with E-state index in [-0.39, 0.29) is 26.4 Å². The second kappa shape index (κ2) is 8.03. The first-order valence-corrected chi connectivity index (χ1v) is 8.65. The summed E-state index contributed by atoms with van der Waals surface area (Å²) >= 11 is 17.8. The van der Waals surface area contributed by atoms with Crippen LogP contribution in [-0.2, 0) is 0 Å². The average Bonchev–Trinajstić information content (AvgIpc) is 2.51. The molecular formula is C19H14Cl3F3O. The lowest BCUT2D eigenvalue weighted by Gasteiger charge is -2.19. The number of carbonyl (C=O) groups excluding carboxylic acids is 1. The van der Waals surface area contributed by atoms with Crippen molar-refractivity contribution < 1.29 is 18.0 Å². The zero-order chi connectivity index (χ0) is 19.6. The Morgan fingerprint density at radius 2 is 1.73 bits per heavy atom. The molecular weight excluding hydrogens is 408 g/mol. The van der Waals surface area contributed by atoms with Gasteiger partial charge in [0.1, 0.15) is 0 Å². The number of ketones is 1. The minimum atomic E-state index is -4.51. The van der Waals surface area contributed by atoms with Gasteiger partial charge in [0.25, 0.3) is 0 Å². The van der Waals surface area contributed by atoms with Crippen molar-refractivity contribution in [3.8, 4) is 0 Å². The van der Waals surface area contributed by atoms with Crippen molar-refractivity contribution in [1.29, 1.82) is 0 Å². The second-order valence-electron chi connectivity index (χ2n) is 5.81. The van der Waals surface area contributed by atoms with E-state index in [0.717, 1.165) is 6.08 Å². The Labute approximate surface area is 164 Å².